The van der Waals surface area contributed by atoms with Gasteiger partial charge in [-0.15, -0.1) is 0 Å². The third-order valence-corrected chi connectivity index (χ3v) is 4.56. The highest BCUT2D eigenvalue weighted by molar-refractivity contribution is 7.88. The molecular weight excluding hydrogens is 280 g/mol. The highest BCUT2D eigenvalue weighted by Gasteiger charge is 2.23. The number of carbonyl (C=O) groups is 1. The average Bonchev–Trinajstić information content (AvgIpc) is 2.38. The lowest BCUT2D eigenvalue weighted by molar-refractivity contribution is -0.143. The van der Waals surface area contributed by atoms with Crippen LogP contribution in [-0.4, -0.2) is 38.4 Å². The first-order chi connectivity index (χ1) is 9.39. The smallest absolute Gasteiger partial charge is 0.321 e. The van der Waals surface area contributed by atoms with Crippen molar-refractivity contribution >= 4 is 21.7 Å². The molecule has 1 rings (SSSR count). The second-order valence-corrected chi connectivity index (χ2v) is 6.20. The van der Waals surface area contributed by atoms with Gasteiger partial charge in [-0.2, -0.15) is 4.31 Å². The van der Waals surface area contributed by atoms with Crippen LogP contribution >= 0.6 is 0 Å². The number of nitrogens with two attached hydrogens (primary N) is 1. The van der Waals surface area contributed by atoms with E-state index in [2.05, 4.69) is 0 Å². The van der Waals surface area contributed by atoms with Gasteiger partial charge in [0.05, 0.1) is 12.4 Å². The number of anilines is 1. The topological polar surface area (TPSA) is 89.7 Å². The fraction of sp³-hybridized carbons (Fsp3) is 0.462. The van der Waals surface area contributed by atoms with Gasteiger partial charge in [-0.25, -0.2) is 8.42 Å². The van der Waals surface area contributed by atoms with Crippen LogP contribution in [0.4, 0.5) is 5.69 Å². The van der Waals surface area contributed by atoms with Gasteiger partial charge in [-0.05, 0) is 24.6 Å². The molecule has 2 N–H and O–H groups in total. The summed E-state index contributed by atoms with van der Waals surface area (Å²) in [6, 6.07) is 6.61. The summed E-state index contributed by atoms with van der Waals surface area (Å²) in [7, 11) is -3.56. The van der Waals surface area contributed by atoms with Crippen LogP contribution in [0, 0.1) is 0 Å². The number of ether oxygens (including phenoxy) is 1. The molecule has 0 bridgehead atoms. The number of hydrogen-bond donors (Lipinski definition) is 1. The lowest BCUT2D eigenvalue weighted by Gasteiger charge is -2.19. The van der Waals surface area contributed by atoms with Gasteiger partial charge in [-0.3, -0.25) is 4.79 Å². The van der Waals surface area contributed by atoms with Crippen LogP contribution in [0.25, 0.3) is 0 Å². The highest BCUT2D eigenvalue weighted by Crippen LogP contribution is 2.13. The van der Waals surface area contributed by atoms with Crippen molar-refractivity contribution in [1.82, 2.24) is 4.31 Å². The van der Waals surface area contributed by atoms with E-state index < -0.39 is 16.0 Å². The Hall–Kier alpha value is -1.60. The maximum Gasteiger partial charge on any atom is 0.321 e. The van der Waals surface area contributed by atoms with Crippen molar-refractivity contribution in [2.45, 2.75) is 19.6 Å². The third-order valence-electron chi connectivity index (χ3n) is 2.69. The van der Waals surface area contributed by atoms with Crippen LogP contribution in [0.3, 0.4) is 0 Å². The van der Waals surface area contributed by atoms with E-state index >= 15 is 0 Å². The fourth-order valence-electron chi connectivity index (χ4n) is 1.67. The zero-order valence-electron chi connectivity index (χ0n) is 11.7. The molecule has 7 heteroatoms. The monoisotopic (exact) mass is 300 g/mol. The molecule has 0 atom stereocenters. The van der Waals surface area contributed by atoms with Gasteiger partial charge < -0.3 is 10.5 Å². The molecular formula is C13H20N2O4S. The second kappa shape index (κ2) is 7.25. The fourth-order valence-corrected chi connectivity index (χ4v) is 3.16. The summed E-state index contributed by atoms with van der Waals surface area (Å²) in [4.78, 5) is 11.4. The summed E-state index contributed by atoms with van der Waals surface area (Å²) < 4.78 is 30.4. The van der Waals surface area contributed by atoms with Crippen molar-refractivity contribution in [1.29, 1.82) is 0 Å². The van der Waals surface area contributed by atoms with Gasteiger partial charge in [0, 0.05) is 12.2 Å². The van der Waals surface area contributed by atoms with E-state index in [0.717, 1.165) is 4.31 Å². The van der Waals surface area contributed by atoms with E-state index in [1.807, 2.05) is 0 Å². The number of nitrogens with zero attached hydrogens (tertiary/aromatic N) is 1. The molecule has 0 heterocycles. The molecule has 6 nitrogen and oxygen atoms in total. The predicted octanol–water partition coefficient (Wildman–Crippen LogP) is 0.984. The minimum Gasteiger partial charge on any atom is -0.465 e. The minimum absolute atomic E-state index is 0.166. The number of carbonyl (C=O) groups excluding carboxylic acids is 1. The Kier molecular flexibility index (Phi) is 5.97. The van der Waals surface area contributed by atoms with Gasteiger partial charge in [0.1, 0.15) is 6.54 Å². The van der Waals surface area contributed by atoms with Gasteiger partial charge in [0.15, 0.2) is 0 Å². The first-order valence-corrected chi connectivity index (χ1v) is 7.97. The Balaban J connectivity index is 2.79. The first-order valence-electron chi connectivity index (χ1n) is 6.37. The summed E-state index contributed by atoms with van der Waals surface area (Å²) >= 11 is 0. The molecule has 0 radical (unpaired) electrons. The van der Waals surface area contributed by atoms with Gasteiger partial charge in [0.25, 0.3) is 0 Å². The van der Waals surface area contributed by atoms with Crippen molar-refractivity contribution in [3.05, 3.63) is 29.8 Å². The van der Waals surface area contributed by atoms with Crippen LogP contribution in [0.1, 0.15) is 19.4 Å². The van der Waals surface area contributed by atoms with E-state index in [9.17, 15) is 13.2 Å². The van der Waals surface area contributed by atoms with E-state index in [1.165, 1.54) is 0 Å². The van der Waals surface area contributed by atoms with E-state index in [-0.39, 0.29) is 25.4 Å². The number of rotatable bonds is 7. The zero-order valence-corrected chi connectivity index (χ0v) is 12.5. The Morgan fingerprint density at radius 1 is 1.25 bits per heavy atom. The molecule has 0 aromatic heterocycles. The molecule has 0 saturated heterocycles. The summed E-state index contributed by atoms with van der Waals surface area (Å²) in [5.41, 5.74) is 6.76. The lowest BCUT2D eigenvalue weighted by Crippen LogP contribution is -2.37. The third kappa shape index (κ3) is 4.82. The maximum atomic E-state index is 12.2. The van der Waals surface area contributed by atoms with E-state index in [4.69, 9.17) is 10.5 Å². The Labute approximate surface area is 119 Å². The average molecular weight is 300 g/mol. The van der Waals surface area contributed by atoms with Gasteiger partial charge in [-0.1, -0.05) is 19.1 Å². The lowest BCUT2D eigenvalue weighted by atomic mass is 10.2. The number of esters is 1. The molecule has 1 aromatic rings. The van der Waals surface area contributed by atoms with Crippen LogP contribution in [0.2, 0.25) is 0 Å². The molecule has 20 heavy (non-hydrogen) atoms. The van der Waals surface area contributed by atoms with Gasteiger partial charge in [0.2, 0.25) is 10.0 Å². The Morgan fingerprint density at radius 2 is 1.85 bits per heavy atom. The minimum atomic E-state index is -3.56. The number of benzene rings is 1. The quantitative estimate of drug-likeness (QED) is 0.599. The maximum absolute atomic E-state index is 12.2. The van der Waals surface area contributed by atoms with Crippen molar-refractivity contribution < 1.29 is 17.9 Å². The summed E-state index contributed by atoms with van der Waals surface area (Å²) in [6.07, 6.45) is 0. The van der Waals surface area contributed by atoms with E-state index in [1.54, 1.807) is 38.1 Å². The summed E-state index contributed by atoms with van der Waals surface area (Å²) in [5.74, 6) is -0.712. The second-order valence-electron chi connectivity index (χ2n) is 4.23. The molecule has 0 fully saturated rings. The Bertz CT molecular complexity index is 540. The van der Waals surface area contributed by atoms with Crippen LogP contribution in [0.5, 0.6) is 0 Å². The molecule has 0 unspecified atom stereocenters. The molecule has 0 aliphatic heterocycles. The van der Waals surface area contributed by atoms with Gasteiger partial charge >= 0.3 is 5.97 Å². The largest absolute Gasteiger partial charge is 0.465 e. The first kappa shape index (κ1) is 16.5. The normalized spacial score (nSPS) is 11.6. The molecule has 0 aliphatic rings. The number of sulfonamides is 1. The van der Waals surface area contributed by atoms with E-state index in [0.29, 0.717) is 11.3 Å². The predicted molar refractivity (Wildman–Crippen MR) is 77.4 cm³/mol. The summed E-state index contributed by atoms with van der Waals surface area (Å²) in [5, 5.41) is 0. The standard InChI is InChI=1S/C13H20N2O4S/c1-3-15(9-13(16)19-4-2)20(17,18)10-11-5-7-12(14)8-6-11/h5-8H,3-4,9-10,14H2,1-2H3. The number of nitrogen functional groups attached to an aromatic ring is 1. The Morgan fingerprint density at radius 3 is 2.35 bits per heavy atom. The van der Waals surface area contributed by atoms with Crippen LogP contribution in [-0.2, 0) is 25.3 Å². The highest BCUT2D eigenvalue weighted by atomic mass is 32.2. The number of likely N-dealkylation sites (N-methyl/N-ethyl adjacent to an activating group) is 1. The number of hydrogen-bond acceptors (Lipinski definition) is 5. The molecule has 0 saturated carbocycles. The van der Waals surface area contributed by atoms with Crippen molar-refractivity contribution in [3.63, 3.8) is 0 Å². The molecule has 1 aromatic carbocycles. The molecule has 0 amide bonds. The molecule has 112 valence electrons. The van der Waals surface area contributed by atoms with Crippen LogP contribution in [0.15, 0.2) is 24.3 Å². The van der Waals surface area contributed by atoms with Crippen molar-refractivity contribution in [2.75, 3.05) is 25.4 Å². The van der Waals surface area contributed by atoms with Crippen molar-refractivity contribution in [3.8, 4) is 0 Å². The van der Waals surface area contributed by atoms with Crippen LogP contribution < -0.4 is 5.73 Å². The van der Waals surface area contributed by atoms with Crippen molar-refractivity contribution in [2.24, 2.45) is 0 Å². The molecule has 0 spiro atoms. The SMILES string of the molecule is CCOC(=O)CN(CC)S(=O)(=O)Cc1ccc(N)cc1. The zero-order chi connectivity index (χ0) is 15.2. The molecule has 0 aliphatic carbocycles. The summed E-state index contributed by atoms with van der Waals surface area (Å²) in [6.45, 7) is 3.54.